The van der Waals surface area contributed by atoms with Crippen LogP contribution in [0.2, 0.25) is 0 Å². The van der Waals surface area contributed by atoms with Crippen LogP contribution < -0.4 is 0 Å². The number of hydrogen-bond donors (Lipinski definition) is 1. The molecule has 1 aromatic carbocycles. The second kappa shape index (κ2) is 7.11. The van der Waals surface area contributed by atoms with E-state index in [1.807, 2.05) is 17.0 Å². The molecule has 0 bridgehead atoms. The molecule has 7 nitrogen and oxygen atoms in total. The number of hydrogen-bond acceptors (Lipinski definition) is 4. The number of benzene rings is 1. The number of carbonyl (C=O) groups is 3. The molecule has 1 saturated heterocycles. The molecule has 2 unspecified atom stereocenters. The Balaban J connectivity index is 1.54. The van der Waals surface area contributed by atoms with Gasteiger partial charge in [0.15, 0.2) is 0 Å². The van der Waals surface area contributed by atoms with Crippen LogP contribution in [-0.4, -0.2) is 59.1 Å². The van der Waals surface area contributed by atoms with E-state index >= 15 is 0 Å². The Hall–Kier alpha value is -2.57. The summed E-state index contributed by atoms with van der Waals surface area (Å²) >= 11 is 0. The summed E-state index contributed by atoms with van der Waals surface area (Å²) in [5.41, 5.74) is 2.14. The van der Waals surface area contributed by atoms with Crippen molar-refractivity contribution in [3.8, 4) is 0 Å². The highest BCUT2D eigenvalue weighted by atomic mass is 16.5. The number of carbonyl (C=O) groups excluding carboxylic acids is 2. The van der Waals surface area contributed by atoms with E-state index in [0.717, 1.165) is 5.56 Å². The lowest BCUT2D eigenvalue weighted by molar-refractivity contribution is -0.147. The van der Waals surface area contributed by atoms with Crippen LogP contribution in [0.15, 0.2) is 24.3 Å². The van der Waals surface area contributed by atoms with Crippen LogP contribution in [0.5, 0.6) is 0 Å². The Kier molecular flexibility index (Phi) is 4.77. The van der Waals surface area contributed by atoms with Gasteiger partial charge < -0.3 is 19.6 Å². The van der Waals surface area contributed by atoms with Gasteiger partial charge in [-0.3, -0.25) is 9.59 Å². The predicted molar refractivity (Wildman–Crippen MR) is 101 cm³/mol. The molecule has 0 aromatic heterocycles. The molecule has 150 valence electrons. The fraction of sp³-hybridized carbons (Fsp3) is 0.571. The Labute approximate surface area is 164 Å². The Morgan fingerprint density at radius 2 is 1.86 bits per heavy atom. The monoisotopic (exact) mass is 386 g/mol. The van der Waals surface area contributed by atoms with Crippen molar-refractivity contribution in [1.29, 1.82) is 0 Å². The van der Waals surface area contributed by atoms with E-state index in [1.165, 1.54) is 10.5 Å². The van der Waals surface area contributed by atoms with Crippen LogP contribution in [0.25, 0.3) is 0 Å². The molecule has 28 heavy (non-hydrogen) atoms. The summed E-state index contributed by atoms with van der Waals surface area (Å²) in [4.78, 5) is 39.7. The highest BCUT2D eigenvalue weighted by molar-refractivity contribution is 5.90. The van der Waals surface area contributed by atoms with Gasteiger partial charge in [-0.1, -0.05) is 24.3 Å². The zero-order chi connectivity index (χ0) is 19.9. The number of likely N-dealkylation sites (tertiary alicyclic amines) is 1. The Morgan fingerprint density at radius 1 is 1.14 bits per heavy atom. The van der Waals surface area contributed by atoms with Crippen LogP contribution in [0.3, 0.4) is 0 Å². The van der Waals surface area contributed by atoms with Gasteiger partial charge >= 0.3 is 12.1 Å². The number of carboxylic acid groups (broad SMARTS) is 1. The molecule has 2 fully saturated rings. The first-order valence-corrected chi connectivity index (χ1v) is 9.97. The molecule has 2 atom stereocenters. The number of piperidine rings is 1. The van der Waals surface area contributed by atoms with Crippen LogP contribution in [0, 0.1) is 11.8 Å². The lowest BCUT2D eigenvalue weighted by Gasteiger charge is -2.48. The molecule has 1 N–H and O–H groups in total. The summed E-state index contributed by atoms with van der Waals surface area (Å²) in [6, 6.07) is 8.16. The number of ether oxygens (including phenoxy) is 1. The fourth-order valence-corrected chi connectivity index (χ4v) is 4.81. The highest BCUT2D eigenvalue weighted by Gasteiger charge is 2.52. The van der Waals surface area contributed by atoms with E-state index < -0.39 is 6.09 Å². The minimum atomic E-state index is -0.887. The van der Waals surface area contributed by atoms with Crippen LogP contribution in [0.1, 0.15) is 37.3 Å². The van der Waals surface area contributed by atoms with Crippen LogP contribution >= 0.6 is 0 Å². The van der Waals surface area contributed by atoms with E-state index in [-0.39, 0.29) is 29.1 Å². The molecular formula is C21H26N2O5. The highest BCUT2D eigenvalue weighted by Crippen LogP contribution is 2.45. The van der Waals surface area contributed by atoms with Crippen molar-refractivity contribution < 1.29 is 24.2 Å². The molecule has 2 aliphatic heterocycles. The third-order valence-electron chi connectivity index (χ3n) is 6.44. The summed E-state index contributed by atoms with van der Waals surface area (Å²) < 4.78 is 5.06. The van der Waals surface area contributed by atoms with E-state index in [4.69, 9.17) is 4.74 Å². The van der Waals surface area contributed by atoms with Gasteiger partial charge in [0.25, 0.3) is 0 Å². The summed E-state index contributed by atoms with van der Waals surface area (Å²) in [6.45, 7) is 4.18. The zero-order valence-electron chi connectivity index (χ0n) is 16.1. The zero-order valence-corrected chi connectivity index (χ0v) is 16.1. The van der Waals surface area contributed by atoms with Crippen molar-refractivity contribution >= 4 is 18.0 Å². The SMILES string of the molecule is CCOC(=O)C1CC1C(=O)N1Cc2ccccc2C2(CCN(C(=O)O)CC2)C1. The minimum absolute atomic E-state index is 0.0209. The molecule has 1 aliphatic carbocycles. The minimum Gasteiger partial charge on any atom is -0.466 e. The fourth-order valence-electron chi connectivity index (χ4n) is 4.81. The normalized spacial score (nSPS) is 25.2. The number of nitrogens with zero attached hydrogens (tertiary/aromatic N) is 2. The topological polar surface area (TPSA) is 87.2 Å². The molecule has 0 radical (unpaired) electrons. The third kappa shape index (κ3) is 3.23. The predicted octanol–water partition coefficient (Wildman–Crippen LogP) is 2.24. The number of rotatable bonds is 3. The van der Waals surface area contributed by atoms with Crippen LogP contribution in [0.4, 0.5) is 4.79 Å². The third-order valence-corrected chi connectivity index (χ3v) is 6.44. The molecule has 2 amide bonds. The first kappa shape index (κ1) is 18.8. The molecule has 2 heterocycles. The molecule has 1 aromatic rings. The number of fused-ring (bicyclic) bond motifs is 2. The maximum absolute atomic E-state index is 13.1. The van der Waals surface area contributed by atoms with Gasteiger partial charge in [-0.2, -0.15) is 0 Å². The van der Waals surface area contributed by atoms with Gasteiger partial charge in [0.05, 0.1) is 18.4 Å². The van der Waals surface area contributed by atoms with E-state index in [0.29, 0.717) is 52.0 Å². The lowest BCUT2D eigenvalue weighted by atomic mass is 9.69. The maximum Gasteiger partial charge on any atom is 0.407 e. The average molecular weight is 386 g/mol. The first-order valence-electron chi connectivity index (χ1n) is 9.97. The standard InChI is InChI=1S/C21H26N2O5/c1-2-28-19(25)16-11-15(16)18(24)23-12-14-5-3-4-6-17(14)21(13-23)7-9-22(10-8-21)20(26)27/h3-6,15-16H,2,7-13H2,1H3,(H,26,27). The van der Waals surface area contributed by atoms with Gasteiger partial charge in [-0.05, 0) is 37.3 Å². The average Bonchev–Trinajstić information content (AvgIpc) is 3.49. The van der Waals surface area contributed by atoms with Gasteiger partial charge in [0, 0.05) is 31.6 Å². The second-order valence-electron chi connectivity index (χ2n) is 8.10. The molecule has 7 heteroatoms. The summed E-state index contributed by atoms with van der Waals surface area (Å²) in [7, 11) is 0. The molecule has 4 rings (SSSR count). The van der Waals surface area contributed by atoms with Crippen molar-refractivity contribution in [2.24, 2.45) is 11.8 Å². The van der Waals surface area contributed by atoms with E-state index in [2.05, 4.69) is 12.1 Å². The summed E-state index contributed by atoms with van der Waals surface area (Å²) in [5.74, 6) is -0.842. The van der Waals surface area contributed by atoms with Crippen LogP contribution in [-0.2, 0) is 26.3 Å². The smallest absolute Gasteiger partial charge is 0.407 e. The second-order valence-corrected chi connectivity index (χ2v) is 8.10. The maximum atomic E-state index is 13.1. The Morgan fingerprint density at radius 3 is 2.54 bits per heavy atom. The van der Waals surface area contributed by atoms with Crippen molar-refractivity contribution in [2.45, 2.75) is 38.1 Å². The van der Waals surface area contributed by atoms with E-state index in [9.17, 15) is 19.5 Å². The van der Waals surface area contributed by atoms with E-state index in [1.54, 1.807) is 6.92 Å². The molecule has 1 saturated carbocycles. The Bertz CT molecular complexity index is 800. The number of esters is 1. The molecular weight excluding hydrogens is 360 g/mol. The largest absolute Gasteiger partial charge is 0.466 e. The van der Waals surface area contributed by atoms with Gasteiger partial charge in [-0.15, -0.1) is 0 Å². The van der Waals surface area contributed by atoms with Crippen molar-refractivity contribution in [3.05, 3.63) is 35.4 Å². The molecule has 3 aliphatic rings. The van der Waals surface area contributed by atoms with Crippen molar-refractivity contribution in [2.75, 3.05) is 26.2 Å². The van der Waals surface area contributed by atoms with Gasteiger partial charge in [0.1, 0.15) is 0 Å². The van der Waals surface area contributed by atoms with Gasteiger partial charge in [0.2, 0.25) is 5.91 Å². The first-order chi connectivity index (χ1) is 13.4. The number of amides is 2. The summed E-state index contributed by atoms with van der Waals surface area (Å²) in [6.07, 6.45) is 1.08. The van der Waals surface area contributed by atoms with Crippen molar-refractivity contribution in [1.82, 2.24) is 9.80 Å². The quantitative estimate of drug-likeness (QED) is 0.805. The summed E-state index contributed by atoms with van der Waals surface area (Å²) in [5, 5.41) is 9.28. The van der Waals surface area contributed by atoms with Gasteiger partial charge in [-0.25, -0.2) is 4.79 Å². The molecule has 1 spiro atoms. The van der Waals surface area contributed by atoms with Crippen molar-refractivity contribution in [3.63, 3.8) is 0 Å². The lowest BCUT2D eigenvalue weighted by Crippen LogP contribution is -2.54.